The van der Waals surface area contributed by atoms with Gasteiger partial charge in [-0.2, -0.15) is 0 Å². The number of unbranched alkanes of at least 4 members (excludes halogenated alkanes) is 9. The predicted octanol–water partition coefficient (Wildman–Crippen LogP) is 4.51. The fourth-order valence-electron chi connectivity index (χ4n) is 2.04. The summed E-state index contributed by atoms with van der Waals surface area (Å²) in [5.74, 6) is 0.243. The lowest BCUT2D eigenvalue weighted by atomic mass is 10.1. The highest BCUT2D eigenvalue weighted by Crippen LogP contribution is 2.11. The van der Waals surface area contributed by atoms with E-state index in [1.54, 1.807) is 7.11 Å². The Bertz CT molecular complexity index is 166. The number of ether oxygens (including phenoxy) is 1. The third-order valence-electron chi connectivity index (χ3n) is 3.11. The van der Waals surface area contributed by atoms with Gasteiger partial charge in [-0.15, -0.1) is 0 Å². The van der Waals surface area contributed by atoms with Crippen molar-refractivity contribution in [2.45, 2.75) is 77.6 Å². The first-order chi connectivity index (χ1) is 8.31. The lowest BCUT2D eigenvalue weighted by molar-refractivity contribution is -0.122. The zero-order valence-electron chi connectivity index (χ0n) is 11.8. The topological polar surface area (TPSA) is 26.3 Å². The van der Waals surface area contributed by atoms with E-state index in [1.807, 2.05) is 0 Å². The molecule has 0 heterocycles. The van der Waals surface area contributed by atoms with Gasteiger partial charge in [-0.1, -0.05) is 64.7 Å². The molecule has 0 bridgehead atoms. The van der Waals surface area contributed by atoms with Gasteiger partial charge in [0.15, 0.2) is 5.78 Å². The second-order valence-electron chi connectivity index (χ2n) is 4.90. The molecule has 0 radical (unpaired) electrons. The normalized spacial score (nSPS) is 10.7. The van der Waals surface area contributed by atoms with E-state index in [4.69, 9.17) is 4.74 Å². The van der Waals surface area contributed by atoms with Gasteiger partial charge in [0.25, 0.3) is 0 Å². The lowest BCUT2D eigenvalue weighted by Crippen LogP contribution is -2.05. The Morgan fingerprint density at radius 2 is 1.29 bits per heavy atom. The number of hydrogen-bond donors (Lipinski definition) is 0. The van der Waals surface area contributed by atoms with Crippen molar-refractivity contribution in [3.05, 3.63) is 0 Å². The minimum absolute atomic E-state index is 0.243. The van der Waals surface area contributed by atoms with Crippen LogP contribution in [0.1, 0.15) is 77.6 Å². The van der Waals surface area contributed by atoms with Gasteiger partial charge in [0, 0.05) is 13.5 Å². The molecule has 0 spiro atoms. The van der Waals surface area contributed by atoms with Gasteiger partial charge in [0.2, 0.25) is 0 Å². The van der Waals surface area contributed by atoms with Crippen molar-refractivity contribution in [3.63, 3.8) is 0 Å². The van der Waals surface area contributed by atoms with E-state index in [9.17, 15) is 4.79 Å². The highest BCUT2D eigenvalue weighted by atomic mass is 16.5. The van der Waals surface area contributed by atoms with Crippen LogP contribution in [-0.4, -0.2) is 19.5 Å². The molecule has 0 aliphatic heterocycles. The van der Waals surface area contributed by atoms with Crippen molar-refractivity contribution in [3.8, 4) is 0 Å². The molecule has 0 N–H and O–H groups in total. The summed E-state index contributed by atoms with van der Waals surface area (Å²) in [6.45, 7) is 2.54. The summed E-state index contributed by atoms with van der Waals surface area (Å²) in [6.07, 6.45) is 13.9. The summed E-state index contributed by atoms with van der Waals surface area (Å²) in [6, 6.07) is 0. The summed E-state index contributed by atoms with van der Waals surface area (Å²) < 4.78 is 4.80. The zero-order chi connectivity index (χ0) is 12.8. The van der Waals surface area contributed by atoms with E-state index in [1.165, 1.54) is 57.8 Å². The summed E-state index contributed by atoms with van der Waals surface area (Å²) in [4.78, 5) is 11.2. The van der Waals surface area contributed by atoms with Gasteiger partial charge in [-0.3, -0.25) is 4.79 Å². The molecule has 0 saturated carbocycles. The largest absolute Gasteiger partial charge is 0.377 e. The second kappa shape index (κ2) is 13.7. The monoisotopic (exact) mass is 242 g/mol. The van der Waals surface area contributed by atoms with E-state index in [-0.39, 0.29) is 12.4 Å². The molecular weight excluding hydrogens is 212 g/mol. The SMILES string of the molecule is CCCCCCCCCCCCC(=O)COC. The molecular formula is C15H30O2. The van der Waals surface area contributed by atoms with Crippen LogP contribution in [0.15, 0.2) is 0 Å². The summed E-state index contributed by atoms with van der Waals surface area (Å²) in [7, 11) is 1.58. The Kier molecular flexibility index (Phi) is 13.4. The zero-order valence-corrected chi connectivity index (χ0v) is 11.8. The number of carbonyl (C=O) groups excluding carboxylic acids is 1. The predicted molar refractivity (Wildman–Crippen MR) is 73.3 cm³/mol. The summed E-state index contributed by atoms with van der Waals surface area (Å²) >= 11 is 0. The minimum Gasteiger partial charge on any atom is -0.377 e. The Morgan fingerprint density at radius 3 is 1.76 bits per heavy atom. The van der Waals surface area contributed by atoms with Gasteiger partial charge in [0.05, 0.1) is 0 Å². The van der Waals surface area contributed by atoms with Crippen LogP contribution in [-0.2, 0) is 9.53 Å². The number of carbonyl (C=O) groups is 1. The fraction of sp³-hybridized carbons (Fsp3) is 0.933. The Hall–Kier alpha value is -0.370. The lowest BCUT2D eigenvalue weighted by Gasteiger charge is -2.02. The van der Waals surface area contributed by atoms with Crippen LogP contribution < -0.4 is 0 Å². The van der Waals surface area contributed by atoms with Gasteiger partial charge in [-0.05, 0) is 6.42 Å². The molecule has 0 saturated heterocycles. The molecule has 0 aromatic rings. The Morgan fingerprint density at radius 1 is 0.824 bits per heavy atom. The number of ketones is 1. The van der Waals surface area contributed by atoms with Crippen molar-refractivity contribution in [1.29, 1.82) is 0 Å². The highest BCUT2D eigenvalue weighted by Gasteiger charge is 2.00. The maximum atomic E-state index is 11.2. The maximum Gasteiger partial charge on any atom is 0.158 e. The third-order valence-corrected chi connectivity index (χ3v) is 3.11. The molecule has 0 rings (SSSR count). The summed E-state index contributed by atoms with van der Waals surface area (Å²) in [5.41, 5.74) is 0. The molecule has 0 aromatic carbocycles. The first-order valence-electron chi connectivity index (χ1n) is 7.32. The van der Waals surface area contributed by atoms with Crippen LogP contribution in [0, 0.1) is 0 Å². The van der Waals surface area contributed by atoms with Crippen LogP contribution in [0.4, 0.5) is 0 Å². The molecule has 0 atom stereocenters. The van der Waals surface area contributed by atoms with Gasteiger partial charge in [0.1, 0.15) is 6.61 Å². The standard InChI is InChI=1S/C15H30O2/c1-3-4-5-6-7-8-9-10-11-12-13-15(16)14-17-2/h3-14H2,1-2H3. The second-order valence-corrected chi connectivity index (χ2v) is 4.90. The van der Waals surface area contributed by atoms with E-state index < -0.39 is 0 Å². The molecule has 0 aromatic heterocycles. The molecule has 0 aliphatic carbocycles. The third kappa shape index (κ3) is 13.6. The number of methoxy groups -OCH3 is 1. The molecule has 0 amide bonds. The van der Waals surface area contributed by atoms with Crippen molar-refractivity contribution < 1.29 is 9.53 Å². The first-order valence-corrected chi connectivity index (χ1v) is 7.32. The van der Waals surface area contributed by atoms with Crippen molar-refractivity contribution in [2.24, 2.45) is 0 Å². The van der Waals surface area contributed by atoms with E-state index >= 15 is 0 Å². The minimum atomic E-state index is 0.243. The molecule has 0 fully saturated rings. The molecule has 2 nitrogen and oxygen atoms in total. The fourth-order valence-corrected chi connectivity index (χ4v) is 2.04. The number of Topliss-reactive ketones (excluding diaryl/α,β-unsaturated/α-hetero) is 1. The van der Waals surface area contributed by atoms with Crippen LogP contribution in [0.3, 0.4) is 0 Å². The first kappa shape index (κ1) is 16.6. The Labute approximate surface area is 107 Å². The van der Waals surface area contributed by atoms with Crippen LogP contribution in [0.5, 0.6) is 0 Å². The van der Waals surface area contributed by atoms with Gasteiger partial charge < -0.3 is 4.74 Å². The van der Waals surface area contributed by atoms with E-state index in [0.29, 0.717) is 6.42 Å². The maximum absolute atomic E-state index is 11.2. The Balaban J connectivity index is 3.01. The van der Waals surface area contributed by atoms with Crippen LogP contribution in [0.2, 0.25) is 0 Å². The summed E-state index contributed by atoms with van der Waals surface area (Å²) in [5, 5.41) is 0. The number of rotatable bonds is 13. The van der Waals surface area contributed by atoms with Crippen LogP contribution >= 0.6 is 0 Å². The average Bonchev–Trinajstić information content (AvgIpc) is 2.32. The van der Waals surface area contributed by atoms with Crippen molar-refractivity contribution in [2.75, 3.05) is 13.7 Å². The average molecular weight is 242 g/mol. The smallest absolute Gasteiger partial charge is 0.158 e. The molecule has 0 unspecified atom stereocenters. The number of hydrogen-bond acceptors (Lipinski definition) is 2. The van der Waals surface area contributed by atoms with Gasteiger partial charge in [-0.25, -0.2) is 0 Å². The quantitative estimate of drug-likeness (QED) is 0.444. The van der Waals surface area contributed by atoms with E-state index in [0.717, 1.165) is 6.42 Å². The molecule has 2 heteroatoms. The molecule has 17 heavy (non-hydrogen) atoms. The molecule has 102 valence electrons. The highest BCUT2D eigenvalue weighted by molar-refractivity contribution is 5.79. The van der Waals surface area contributed by atoms with Crippen molar-refractivity contribution in [1.82, 2.24) is 0 Å². The van der Waals surface area contributed by atoms with E-state index in [2.05, 4.69) is 6.92 Å². The van der Waals surface area contributed by atoms with Crippen LogP contribution in [0.25, 0.3) is 0 Å². The van der Waals surface area contributed by atoms with Crippen molar-refractivity contribution >= 4 is 5.78 Å². The molecule has 0 aliphatic rings. The van der Waals surface area contributed by atoms with Gasteiger partial charge >= 0.3 is 0 Å².